The van der Waals surface area contributed by atoms with E-state index in [1.807, 2.05) is 49.4 Å². The summed E-state index contributed by atoms with van der Waals surface area (Å²) in [6.45, 7) is 1.83. The van der Waals surface area contributed by atoms with Crippen LogP contribution < -0.4 is 5.32 Å². The van der Waals surface area contributed by atoms with Crippen LogP contribution in [0.5, 0.6) is 0 Å². The number of rotatable bonds is 2. The van der Waals surface area contributed by atoms with Crippen LogP contribution in [0.2, 0.25) is 0 Å². The molecular weight excluding hydrogens is 290 g/mol. The molecule has 1 amide bonds. The molecule has 0 atom stereocenters. The van der Waals surface area contributed by atoms with Gasteiger partial charge in [0, 0.05) is 22.7 Å². The van der Waals surface area contributed by atoms with Crippen molar-refractivity contribution in [3.05, 3.63) is 66.2 Å². The van der Waals surface area contributed by atoms with Crippen LogP contribution >= 0.6 is 0 Å². The van der Waals surface area contributed by atoms with Gasteiger partial charge in [-0.3, -0.25) is 9.78 Å². The number of nitrogens with zero attached hydrogens (tertiary/aromatic N) is 2. The molecule has 0 saturated heterocycles. The van der Waals surface area contributed by atoms with Gasteiger partial charge in [0.25, 0.3) is 5.91 Å². The lowest BCUT2D eigenvalue weighted by molar-refractivity contribution is 0.102. The Kier molecular flexibility index (Phi) is 3.05. The van der Waals surface area contributed by atoms with Gasteiger partial charge in [-0.2, -0.15) is 0 Å². The Balaban J connectivity index is 1.70. The number of hydrogen-bond donors (Lipinski definition) is 1. The molecular formula is C18H13N3O2. The molecule has 2 aromatic carbocycles. The lowest BCUT2D eigenvalue weighted by Crippen LogP contribution is -2.14. The van der Waals surface area contributed by atoms with Crippen LogP contribution in [-0.4, -0.2) is 15.9 Å². The van der Waals surface area contributed by atoms with E-state index in [0.717, 1.165) is 27.6 Å². The number of benzene rings is 2. The first-order valence-corrected chi connectivity index (χ1v) is 7.22. The second-order valence-electron chi connectivity index (χ2n) is 5.31. The topological polar surface area (TPSA) is 68.0 Å². The normalized spacial score (nSPS) is 11.0. The molecule has 0 saturated carbocycles. The van der Waals surface area contributed by atoms with Crippen molar-refractivity contribution in [3.8, 4) is 0 Å². The highest BCUT2D eigenvalue weighted by molar-refractivity contribution is 6.08. The Morgan fingerprint density at radius 3 is 2.65 bits per heavy atom. The molecule has 0 bridgehead atoms. The zero-order valence-corrected chi connectivity index (χ0v) is 12.4. The number of nitrogens with one attached hydrogen (secondary N) is 1. The van der Waals surface area contributed by atoms with Gasteiger partial charge in [-0.25, -0.2) is 4.98 Å². The van der Waals surface area contributed by atoms with Crippen LogP contribution in [0.3, 0.4) is 0 Å². The third-order valence-corrected chi connectivity index (χ3v) is 3.65. The Morgan fingerprint density at radius 1 is 1.00 bits per heavy atom. The van der Waals surface area contributed by atoms with E-state index in [4.69, 9.17) is 4.42 Å². The van der Waals surface area contributed by atoms with Gasteiger partial charge in [0.15, 0.2) is 0 Å². The van der Waals surface area contributed by atoms with Gasteiger partial charge in [-0.1, -0.05) is 18.2 Å². The molecule has 0 aliphatic rings. The average molecular weight is 303 g/mol. The Bertz CT molecular complexity index is 1020. The summed E-state index contributed by atoms with van der Waals surface area (Å²) >= 11 is 0. The second kappa shape index (κ2) is 5.21. The number of amides is 1. The van der Waals surface area contributed by atoms with Crippen LogP contribution in [0, 0.1) is 6.92 Å². The van der Waals surface area contributed by atoms with Crippen molar-refractivity contribution in [2.24, 2.45) is 0 Å². The van der Waals surface area contributed by atoms with Gasteiger partial charge in [-0.15, -0.1) is 0 Å². The van der Waals surface area contributed by atoms with Crippen LogP contribution in [0.4, 0.5) is 5.69 Å². The van der Waals surface area contributed by atoms with E-state index in [1.54, 1.807) is 6.20 Å². The summed E-state index contributed by atoms with van der Waals surface area (Å²) in [5, 5.41) is 4.83. The highest BCUT2D eigenvalue weighted by atomic mass is 16.3. The van der Waals surface area contributed by atoms with Crippen LogP contribution in [0.15, 0.2) is 59.3 Å². The minimum atomic E-state index is -0.287. The fourth-order valence-corrected chi connectivity index (χ4v) is 2.51. The predicted octanol–water partition coefficient (Wildman–Crippen LogP) is 3.94. The van der Waals surface area contributed by atoms with Crippen molar-refractivity contribution in [3.63, 3.8) is 0 Å². The highest BCUT2D eigenvalue weighted by Gasteiger charge is 2.11. The summed E-state index contributed by atoms with van der Waals surface area (Å²) in [5.41, 5.74) is 3.37. The summed E-state index contributed by atoms with van der Waals surface area (Å²) in [7, 11) is 0. The first kappa shape index (κ1) is 13.5. The molecule has 2 heterocycles. The number of aromatic nitrogens is 2. The summed E-state index contributed by atoms with van der Waals surface area (Å²) in [5.74, 6) is -0.287. The van der Waals surface area contributed by atoms with Gasteiger partial charge < -0.3 is 9.73 Å². The number of aryl methyl sites for hydroxylation is 1. The van der Waals surface area contributed by atoms with Crippen molar-refractivity contribution in [2.45, 2.75) is 6.92 Å². The zero-order valence-electron chi connectivity index (χ0n) is 12.4. The standard InChI is InChI=1S/C18H13N3O2/c1-11-9-20-15(10-19-11)18(22)21-12-6-7-17-14(8-12)13-4-2-3-5-16(13)23-17/h2-10H,1H3,(H,21,22). The van der Waals surface area contributed by atoms with E-state index < -0.39 is 0 Å². The highest BCUT2D eigenvalue weighted by Crippen LogP contribution is 2.30. The van der Waals surface area contributed by atoms with E-state index in [-0.39, 0.29) is 11.6 Å². The Hall–Kier alpha value is -3.21. The number of carbonyl (C=O) groups is 1. The zero-order chi connectivity index (χ0) is 15.8. The van der Waals surface area contributed by atoms with Crippen molar-refractivity contribution >= 4 is 33.5 Å². The molecule has 0 spiro atoms. The molecule has 0 unspecified atom stereocenters. The van der Waals surface area contributed by atoms with Crippen molar-refractivity contribution in [2.75, 3.05) is 5.32 Å². The molecule has 0 aliphatic heterocycles. The molecule has 0 radical (unpaired) electrons. The number of carbonyl (C=O) groups excluding carboxylic acids is 1. The van der Waals surface area contributed by atoms with E-state index in [0.29, 0.717) is 5.69 Å². The number of hydrogen-bond acceptors (Lipinski definition) is 4. The third-order valence-electron chi connectivity index (χ3n) is 3.65. The smallest absolute Gasteiger partial charge is 0.275 e. The second-order valence-corrected chi connectivity index (χ2v) is 5.31. The molecule has 4 aromatic rings. The Morgan fingerprint density at radius 2 is 1.83 bits per heavy atom. The maximum Gasteiger partial charge on any atom is 0.275 e. The molecule has 5 heteroatoms. The molecule has 23 heavy (non-hydrogen) atoms. The molecule has 5 nitrogen and oxygen atoms in total. The molecule has 0 fully saturated rings. The largest absolute Gasteiger partial charge is 0.456 e. The van der Waals surface area contributed by atoms with Crippen molar-refractivity contribution in [1.82, 2.24) is 9.97 Å². The maximum atomic E-state index is 12.2. The SMILES string of the molecule is Cc1cnc(C(=O)Nc2ccc3oc4ccccc4c3c2)cn1. The minimum absolute atomic E-state index is 0.285. The van der Waals surface area contributed by atoms with E-state index >= 15 is 0 Å². The summed E-state index contributed by atoms with van der Waals surface area (Å²) < 4.78 is 5.78. The number of fused-ring (bicyclic) bond motifs is 3. The van der Waals surface area contributed by atoms with E-state index in [9.17, 15) is 4.79 Å². The van der Waals surface area contributed by atoms with Gasteiger partial charge in [0.2, 0.25) is 0 Å². The first-order chi connectivity index (χ1) is 11.2. The van der Waals surface area contributed by atoms with Crippen molar-refractivity contribution < 1.29 is 9.21 Å². The van der Waals surface area contributed by atoms with Gasteiger partial charge >= 0.3 is 0 Å². The van der Waals surface area contributed by atoms with Gasteiger partial charge in [-0.05, 0) is 31.2 Å². The van der Waals surface area contributed by atoms with Crippen LogP contribution in [-0.2, 0) is 0 Å². The number of furan rings is 1. The Labute approximate surface area is 132 Å². The van der Waals surface area contributed by atoms with E-state index in [1.165, 1.54) is 6.20 Å². The van der Waals surface area contributed by atoms with Crippen molar-refractivity contribution in [1.29, 1.82) is 0 Å². The fourth-order valence-electron chi connectivity index (χ4n) is 2.51. The first-order valence-electron chi connectivity index (χ1n) is 7.22. The van der Waals surface area contributed by atoms with Gasteiger partial charge in [0.1, 0.15) is 16.9 Å². The monoisotopic (exact) mass is 303 g/mol. The molecule has 2 aromatic heterocycles. The quantitative estimate of drug-likeness (QED) is 0.609. The minimum Gasteiger partial charge on any atom is -0.456 e. The van der Waals surface area contributed by atoms with E-state index in [2.05, 4.69) is 15.3 Å². The van der Waals surface area contributed by atoms with Crippen LogP contribution in [0.25, 0.3) is 21.9 Å². The van der Waals surface area contributed by atoms with Gasteiger partial charge in [0.05, 0.1) is 11.9 Å². The lowest BCUT2D eigenvalue weighted by Gasteiger charge is -2.04. The molecule has 112 valence electrons. The molecule has 0 aliphatic carbocycles. The number of anilines is 1. The summed E-state index contributed by atoms with van der Waals surface area (Å²) in [4.78, 5) is 20.4. The molecule has 1 N–H and O–H groups in total. The average Bonchev–Trinajstić information content (AvgIpc) is 2.93. The third kappa shape index (κ3) is 2.42. The molecule has 4 rings (SSSR count). The predicted molar refractivity (Wildman–Crippen MR) is 88.4 cm³/mol. The lowest BCUT2D eigenvalue weighted by atomic mass is 10.1. The number of para-hydroxylation sites is 1. The summed E-state index contributed by atoms with van der Waals surface area (Å²) in [6, 6.07) is 13.4. The maximum absolute atomic E-state index is 12.2. The van der Waals surface area contributed by atoms with Crippen LogP contribution in [0.1, 0.15) is 16.2 Å². The summed E-state index contributed by atoms with van der Waals surface area (Å²) in [6.07, 6.45) is 3.04. The fraction of sp³-hybridized carbons (Fsp3) is 0.0556.